The van der Waals surface area contributed by atoms with E-state index in [2.05, 4.69) is 55.9 Å². The number of para-hydroxylation sites is 1. The van der Waals surface area contributed by atoms with Gasteiger partial charge in [-0.05, 0) is 30.7 Å². The van der Waals surface area contributed by atoms with E-state index in [1.54, 1.807) is 12.4 Å². The van der Waals surface area contributed by atoms with Crippen molar-refractivity contribution in [1.82, 2.24) is 15.0 Å². The fourth-order valence-corrected chi connectivity index (χ4v) is 3.27. The summed E-state index contributed by atoms with van der Waals surface area (Å²) in [4.78, 5) is 17.8. The van der Waals surface area contributed by atoms with Crippen LogP contribution in [0.3, 0.4) is 0 Å². The van der Waals surface area contributed by atoms with Crippen LogP contribution in [0.25, 0.3) is 11.0 Å². The van der Waals surface area contributed by atoms with Gasteiger partial charge >= 0.3 is 0 Å². The highest BCUT2D eigenvalue weighted by molar-refractivity contribution is 5.87. The standard InChI is InChI=1S/C18H20N6/c1-13-4-2-3-5-15(13)23-8-10-24(11-9-23)18-14-6-7-16(19)22-17(14)20-12-21-18/h2-7,12H,8-11H2,1H3,(H2,19,20,21,22). The Bertz CT molecular complexity index is 870. The van der Waals surface area contributed by atoms with Gasteiger partial charge in [0.25, 0.3) is 0 Å². The lowest BCUT2D eigenvalue weighted by molar-refractivity contribution is 0.647. The quantitative estimate of drug-likeness (QED) is 0.781. The number of nitrogen functional groups attached to an aromatic ring is 1. The summed E-state index contributed by atoms with van der Waals surface area (Å²) >= 11 is 0. The molecule has 2 N–H and O–H groups in total. The van der Waals surface area contributed by atoms with Crippen LogP contribution in [0.4, 0.5) is 17.3 Å². The molecule has 4 rings (SSSR count). The Kier molecular flexibility index (Phi) is 3.65. The molecule has 0 unspecified atom stereocenters. The van der Waals surface area contributed by atoms with Gasteiger partial charge in [-0.25, -0.2) is 15.0 Å². The van der Waals surface area contributed by atoms with Gasteiger partial charge in [0.15, 0.2) is 5.65 Å². The zero-order valence-electron chi connectivity index (χ0n) is 13.7. The first-order valence-corrected chi connectivity index (χ1v) is 8.15. The summed E-state index contributed by atoms with van der Waals surface area (Å²) < 4.78 is 0. The van der Waals surface area contributed by atoms with Crippen LogP contribution in [0.2, 0.25) is 0 Å². The fraction of sp³-hybridized carbons (Fsp3) is 0.278. The minimum Gasteiger partial charge on any atom is -0.384 e. The second-order valence-electron chi connectivity index (χ2n) is 6.07. The van der Waals surface area contributed by atoms with Crippen molar-refractivity contribution in [3.8, 4) is 0 Å². The van der Waals surface area contributed by atoms with Crippen molar-refractivity contribution in [3.63, 3.8) is 0 Å². The summed E-state index contributed by atoms with van der Waals surface area (Å²) in [5.41, 5.74) is 9.05. The van der Waals surface area contributed by atoms with Crippen LogP contribution in [-0.2, 0) is 0 Å². The van der Waals surface area contributed by atoms with E-state index in [4.69, 9.17) is 5.73 Å². The summed E-state index contributed by atoms with van der Waals surface area (Å²) in [6, 6.07) is 12.3. The molecule has 1 saturated heterocycles. The molecule has 6 heteroatoms. The summed E-state index contributed by atoms with van der Waals surface area (Å²) in [6.07, 6.45) is 1.57. The summed E-state index contributed by atoms with van der Waals surface area (Å²) in [5, 5.41) is 0.955. The maximum Gasteiger partial charge on any atom is 0.166 e. The molecule has 6 nitrogen and oxygen atoms in total. The number of nitrogens with two attached hydrogens (primary N) is 1. The summed E-state index contributed by atoms with van der Waals surface area (Å²) in [6.45, 7) is 5.95. The Labute approximate surface area is 141 Å². The van der Waals surface area contributed by atoms with Crippen LogP contribution >= 0.6 is 0 Å². The smallest absolute Gasteiger partial charge is 0.166 e. The Morgan fingerprint density at radius 2 is 1.67 bits per heavy atom. The molecule has 1 aliphatic heterocycles. The molecule has 122 valence electrons. The highest BCUT2D eigenvalue weighted by atomic mass is 15.3. The Morgan fingerprint density at radius 1 is 0.917 bits per heavy atom. The van der Waals surface area contributed by atoms with Gasteiger partial charge in [-0.3, -0.25) is 0 Å². The van der Waals surface area contributed by atoms with E-state index in [0.717, 1.165) is 37.4 Å². The predicted octanol–water partition coefficient (Wildman–Crippen LogP) is 2.24. The van der Waals surface area contributed by atoms with Crippen molar-refractivity contribution in [2.24, 2.45) is 0 Å². The summed E-state index contributed by atoms with van der Waals surface area (Å²) in [7, 11) is 0. The minimum atomic E-state index is 0.483. The first-order chi connectivity index (χ1) is 11.7. The van der Waals surface area contributed by atoms with Crippen molar-refractivity contribution < 1.29 is 0 Å². The van der Waals surface area contributed by atoms with Gasteiger partial charge in [-0.1, -0.05) is 18.2 Å². The van der Waals surface area contributed by atoms with Gasteiger partial charge in [0, 0.05) is 31.9 Å². The van der Waals surface area contributed by atoms with E-state index in [1.807, 2.05) is 6.07 Å². The first kappa shape index (κ1) is 14.7. The predicted molar refractivity (Wildman–Crippen MR) is 97.4 cm³/mol. The number of benzene rings is 1. The number of fused-ring (bicyclic) bond motifs is 1. The molecule has 2 aromatic heterocycles. The summed E-state index contributed by atoms with van der Waals surface area (Å²) in [5.74, 6) is 1.42. The maximum absolute atomic E-state index is 5.76. The highest BCUT2D eigenvalue weighted by Gasteiger charge is 2.21. The molecule has 0 aliphatic carbocycles. The number of aryl methyl sites for hydroxylation is 1. The normalized spacial score (nSPS) is 15.0. The van der Waals surface area contributed by atoms with Crippen LogP contribution < -0.4 is 15.5 Å². The lowest BCUT2D eigenvalue weighted by atomic mass is 10.1. The van der Waals surface area contributed by atoms with Crippen LogP contribution in [0.1, 0.15) is 5.56 Å². The number of hydrogen-bond acceptors (Lipinski definition) is 6. The average Bonchev–Trinajstić information content (AvgIpc) is 2.61. The number of aromatic nitrogens is 3. The fourth-order valence-electron chi connectivity index (χ4n) is 3.27. The van der Waals surface area contributed by atoms with E-state index in [9.17, 15) is 0 Å². The van der Waals surface area contributed by atoms with Crippen molar-refractivity contribution in [1.29, 1.82) is 0 Å². The Balaban J connectivity index is 1.57. The number of hydrogen-bond donors (Lipinski definition) is 1. The number of piperazine rings is 1. The molecule has 0 amide bonds. The minimum absolute atomic E-state index is 0.483. The van der Waals surface area contributed by atoms with Gasteiger partial charge in [-0.15, -0.1) is 0 Å². The van der Waals surface area contributed by atoms with Crippen LogP contribution in [0, 0.1) is 6.92 Å². The van der Waals surface area contributed by atoms with Gasteiger partial charge < -0.3 is 15.5 Å². The number of anilines is 3. The molecule has 24 heavy (non-hydrogen) atoms. The lowest BCUT2D eigenvalue weighted by Gasteiger charge is -2.37. The van der Waals surface area contributed by atoms with Crippen molar-refractivity contribution in [2.75, 3.05) is 41.7 Å². The average molecular weight is 320 g/mol. The molecule has 1 fully saturated rings. The van der Waals surface area contributed by atoms with Gasteiger partial charge in [-0.2, -0.15) is 0 Å². The maximum atomic E-state index is 5.76. The second-order valence-corrected chi connectivity index (χ2v) is 6.07. The third-order valence-corrected chi connectivity index (χ3v) is 4.53. The molecule has 1 aliphatic rings. The Morgan fingerprint density at radius 3 is 2.46 bits per heavy atom. The zero-order chi connectivity index (χ0) is 16.5. The molecule has 0 saturated carbocycles. The largest absolute Gasteiger partial charge is 0.384 e. The molecule has 1 aromatic carbocycles. The van der Waals surface area contributed by atoms with Crippen molar-refractivity contribution in [3.05, 3.63) is 48.3 Å². The van der Waals surface area contributed by atoms with E-state index in [-0.39, 0.29) is 0 Å². The lowest BCUT2D eigenvalue weighted by Crippen LogP contribution is -2.47. The Hall–Kier alpha value is -2.89. The monoisotopic (exact) mass is 320 g/mol. The van der Waals surface area contributed by atoms with Crippen molar-refractivity contribution >= 4 is 28.4 Å². The molecular weight excluding hydrogens is 300 g/mol. The highest BCUT2D eigenvalue weighted by Crippen LogP contribution is 2.26. The van der Waals surface area contributed by atoms with Crippen molar-refractivity contribution in [2.45, 2.75) is 6.92 Å². The SMILES string of the molecule is Cc1ccccc1N1CCN(c2ncnc3nc(N)ccc23)CC1. The molecule has 0 atom stereocenters. The second kappa shape index (κ2) is 5.96. The third-order valence-electron chi connectivity index (χ3n) is 4.53. The molecular formula is C18H20N6. The third kappa shape index (κ3) is 2.60. The number of rotatable bonds is 2. The molecule has 0 spiro atoms. The van der Waals surface area contributed by atoms with Crippen LogP contribution in [0.5, 0.6) is 0 Å². The van der Waals surface area contributed by atoms with E-state index in [0.29, 0.717) is 11.5 Å². The van der Waals surface area contributed by atoms with Gasteiger partial charge in [0.2, 0.25) is 0 Å². The number of pyridine rings is 1. The molecule has 3 heterocycles. The first-order valence-electron chi connectivity index (χ1n) is 8.15. The van der Waals surface area contributed by atoms with Gasteiger partial charge in [0.05, 0.1) is 5.39 Å². The molecule has 0 radical (unpaired) electrons. The molecule has 3 aromatic rings. The number of nitrogens with zero attached hydrogens (tertiary/aromatic N) is 5. The van der Waals surface area contributed by atoms with E-state index >= 15 is 0 Å². The zero-order valence-corrected chi connectivity index (χ0v) is 13.7. The molecule has 0 bridgehead atoms. The van der Waals surface area contributed by atoms with E-state index in [1.165, 1.54) is 11.3 Å². The van der Waals surface area contributed by atoms with Crippen LogP contribution in [0.15, 0.2) is 42.7 Å². The van der Waals surface area contributed by atoms with E-state index < -0.39 is 0 Å². The van der Waals surface area contributed by atoms with Gasteiger partial charge in [0.1, 0.15) is 18.0 Å². The topological polar surface area (TPSA) is 71.2 Å². The van der Waals surface area contributed by atoms with Crippen LogP contribution in [-0.4, -0.2) is 41.1 Å².